The lowest BCUT2D eigenvalue weighted by Gasteiger charge is -2.22. The third-order valence-electron chi connectivity index (χ3n) is 2.76. The molecular weight excluding hydrogens is 218 g/mol. The first-order chi connectivity index (χ1) is 5.83. The zero-order valence-electron chi connectivity index (χ0n) is 7.13. The van der Waals surface area contributed by atoms with Crippen molar-refractivity contribution in [1.29, 1.82) is 0 Å². The number of amides is 1. The lowest BCUT2D eigenvalue weighted by Crippen LogP contribution is -2.37. The Kier molecular flexibility index (Phi) is 2.40. The largest absolute Gasteiger partial charge is 0.339 e. The maximum absolute atomic E-state index is 11.7. The Morgan fingerprint density at radius 1 is 1.42 bits per heavy atom. The second-order valence-corrected chi connectivity index (χ2v) is 4.40. The van der Waals surface area contributed by atoms with Crippen LogP contribution >= 0.6 is 15.9 Å². The van der Waals surface area contributed by atoms with Gasteiger partial charge in [-0.25, -0.2) is 0 Å². The Bertz CT molecular complexity index is 191. The molecule has 2 aliphatic rings. The van der Waals surface area contributed by atoms with Crippen molar-refractivity contribution in [2.45, 2.75) is 31.7 Å². The van der Waals surface area contributed by atoms with Crippen LogP contribution in [-0.4, -0.2) is 28.7 Å². The average Bonchev–Trinajstić information content (AvgIpc) is 2.82. The number of likely N-dealkylation sites (tertiary alicyclic amines) is 1. The summed E-state index contributed by atoms with van der Waals surface area (Å²) in [5.74, 6) is 0.807. The summed E-state index contributed by atoms with van der Waals surface area (Å²) in [5.41, 5.74) is 0. The van der Waals surface area contributed by atoms with Gasteiger partial charge in [-0.3, -0.25) is 4.79 Å². The van der Waals surface area contributed by atoms with Gasteiger partial charge in [0.15, 0.2) is 0 Å². The lowest BCUT2D eigenvalue weighted by molar-refractivity contribution is -0.132. The molecular formula is C9H14BrNO. The summed E-state index contributed by atoms with van der Waals surface area (Å²) in [6, 6.07) is 0.484. The number of halogens is 1. The molecule has 0 unspecified atom stereocenters. The molecule has 1 saturated heterocycles. The van der Waals surface area contributed by atoms with E-state index in [9.17, 15) is 4.79 Å². The zero-order chi connectivity index (χ0) is 8.55. The number of alkyl halides is 1. The third kappa shape index (κ3) is 1.51. The monoisotopic (exact) mass is 231 g/mol. The number of hydrogen-bond donors (Lipinski definition) is 0. The predicted octanol–water partition coefficient (Wildman–Crippen LogP) is 1.78. The molecule has 1 amide bonds. The second kappa shape index (κ2) is 3.36. The summed E-state index contributed by atoms with van der Waals surface area (Å²) in [7, 11) is 0. The molecule has 0 bridgehead atoms. The molecule has 1 aliphatic carbocycles. The Hall–Kier alpha value is -0.0500. The number of carbonyl (C=O) groups is 1. The highest BCUT2D eigenvalue weighted by atomic mass is 79.9. The molecule has 1 atom stereocenters. The fourth-order valence-corrected chi connectivity index (χ4v) is 2.52. The van der Waals surface area contributed by atoms with Crippen LogP contribution in [0.1, 0.15) is 25.7 Å². The van der Waals surface area contributed by atoms with Gasteiger partial charge in [-0.1, -0.05) is 15.9 Å². The van der Waals surface area contributed by atoms with Gasteiger partial charge in [-0.15, -0.1) is 0 Å². The molecule has 2 nitrogen and oxygen atoms in total. The van der Waals surface area contributed by atoms with Gasteiger partial charge in [0.25, 0.3) is 0 Å². The molecule has 0 aromatic heterocycles. The fourth-order valence-electron chi connectivity index (χ4n) is 1.85. The van der Waals surface area contributed by atoms with Crippen LogP contribution < -0.4 is 0 Å². The number of nitrogens with zero attached hydrogens (tertiary/aromatic N) is 1. The summed E-state index contributed by atoms with van der Waals surface area (Å²) in [6.07, 6.45) is 4.63. The summed E-state index contributed by atoms with van der Waals surface area (Å²) in [6.45, 7) is 0.992. The van der Waals surface area contributed by atoms with Crippen LogP contribution in [0.25, 0.3) is 0 Å². The summed E-state index contributed by atoms with van der Waals surface area (Å²) < 4.78 is 0. The number of rotatable bonds is 2. The molecule has 0 spiro atoms. The molecule has 2 fully saturated rings. The van der Waals surface area contributed by atoms with Crippen LogP contribution in [0.15, 0.2) is 0 Å². The van der Waals surface area contributed by atoms with Gasteiger partial charge in [0, 0.05) is 23.8 Å². The first kappa shape index (κ1) is 8.54. The summed E-state index contributed by atoms with van der Waals surface area (Å²) in [5, 5.41) is 0.950. The number of hydrogen-bond acceptors (Lipinski definition) is 1. The van der Waals surface area contributed by atoms with Crippen molar-refractivity contribution in [3.8, 4) is 0 Å². The van der Waals surface area contributed by atoms with Crippen molar-refractivity contribution in [1.82, 2.24) is 4.90 Å². The van der Waals surface area contributed by atoms with Crippen molar-refractivity contribution in [3.63, 3.8) is 0 Å². The summed E-state index contributed by atoms with van der Waals surface area (Å²) in [4.78, 5) is 13.8. The SMILES string of the molecule is O=C(C1CC1)N1CCC[C@@H]1CBr. The van der Waals surface area contributed by atoms with Gasteiger partial charge in [-0.05, 0) is 25.7 Å². The molecule has 1 heterocycles. The first-order valence-electron chi connectivity index (χ1n) is 4.69. The van der Waals surface area contributed by atoms with E-state index in [1.807, 2.05) is 0 Å². The Morgan fingerprint density at radius 2 is 2.17 bits per heavy atom. The quantitative estimate of drug-likeness (QED) is 0.664. The topological polar surface area (TPSA) is 20.3 Å². The van der Waals surface area contributed by atoms with Crippen LogP contribution in [-0.2, 0) is 4.79 Å². The van der Waals surface area contributed by atoms with E-state index in [0.717, 1.165) is 24.7 Å². The van der Waals surface area contributed by atoms with E-state index < -0.39 is 0 Å². The normalized spacial score (nSPS) is 29.4. The van der Waals surface area contributed by atoms with Crippen LogP contribution in [0.5, 0.6) is 0 Å². The van der Waals surface area contributed by atoms with E-state index in [-0.39, 0.29) is 0 Å². The van der Waals surface area contributed by atoms with Crippen molar-refractivity contribution >= 4 is 21.8 Å². The van der Waals surface area contributed by atoms with Crippen molar-refractivity contribution < 1.29 is 4.79 Å². The van der Waals surface area contributed by atoms with Crippen LogP contribution in [0.4, 0.5) is 0 Å². The Balaban J connectivity index is 1.96. The first-order valence-corrected chi connectivity index (χ1v) is 5.81. The van der Waals surface area contributed by atoms with Crippen molar-refractivity contribution in [2.75, 3.05) is 11.9 Å². The highest BCUT2D eigenvalue weighted by Gasteiger charge is 2.37. The van der Waals surface area contributed by atoms with Gasteiger partial charge >= 0.3 is 0 Å². The molecule has 1 aliphatic heterocycles. The van der Waals surface area contributed by atoms with E-state index in [0.29, 0.717) is 17.9 Å². The van der Waals surface area contributed by atoms with E-state index in [4.69, 9.17) is 0 Å². The molecule has 0 radical (unpaired) electrons. The van der Waals surface area contributed by atoms with Crippen LogP contribution in [0.2, 0.25) is 0 Å². The second-order valence-electron chi connectivity index (χ2n) is 3.76. The third-order valence-corrected chi connectivity index (χ3v) is 3.51. The minimum atomic E-state index is 0.393. The maximum Gasteiger partial charge on any atom is 0.225 e. The molecule has 0 N–H and O–H groups in total. The summed E-state index contributed by atoms with van der Waals surface area (Å²) >= 11 is 3.46. The predicted molar refractivity (Wildman–Crippen MR) is 51.3 cm³/mol. The van der Waals surface area contributed by atoms with Crippen molar-refractivity contribution in [3.05, 3.63) is 0 Å². The molecule has 68 valence electrons. The van der Waals surface area contributed by atoms with E-state index in [2.05, 4.69) is 20.8 Å². The minimum Gasteiger partial charge on any atom is -0.339 e. The molecule has 0 aromatic carbocycles. The smallest absolute Gasteiger partial charge is 0.225 e. The maximum atomic E-state index is 11.7. The van der Waals surface area contributed by atoms with E-state index in [1.165, 1.54) is 12.8 Å². The molecule has 0 aromatic rings. The van der Waals surface area contributed by atoms with Gasteiger partial charge in [0.05, 0.1) is 0 Å². The van der Waals surface area contributed by atoms with Crippen LogP contribution in [0, 0.1) is 5.92 Å². The lowest BCUT2D eigenvalue weighted by atomic mass is 10.2. The van der Waals surface area contributed by atoms with Gasteiger partial charge < -0.3 is 4.90 Å². The number of carbonyl (C=O) groups excluding carboxylic acids is 1. The fraction of sp³-hybridized carbons (Fsp3) is 0.889. The standard InChI is InChI=1S/C9H14BrNO/c10-6-8-2-1-5-11(8)9(12)7-3-4-7/h7-8H,1-6H2/t8-/m1/s1. The molecule has 3 heteroatoms. The van der Waals surface area contributed by atoms with E-state index in [1.54, 1.807) is 0 Å². The Labute approximate surface area is 81.4 Å². The Morgan fingerprint density at radius 3 is 2.75 bits per heavy atom. The van der Waals surface area contributed by atoms with Crippen molar-refractivity contribution in [2.24, 2.45) is 5.92 Å². The van der Waals surface area contributed by atoms with Crippen LogP contribution in [0.3, 0.4) is 0 Å². The van der Waals surface area contributed by atoms with Gasteiger partial charge in [-0.2, -0.15) is 0 Å². The molecule has 1 saturated carbocycles. The highest BCUT2D eigenvalue weighted by molar-refractivity contribution is 9.09. The molecule has 12 heavy (non-hydrogen) atoms. The van der Waals surface area contributed by atoms with Gasteiger partial charge in [0.1, 0.15) is 0 Å². The molecule has 2 rings (SSSR count). The minimum absolute atomic E-state index is 0.393. The average molecular weight is 232 g/mol. The highest BCUT2D eigenvalue weighted by Crippen LogP contribution is 2.33. The zero-order valence-corrected chi connectivity index (χ0v) is 8.72. The van der Waals surface area contributed by atoms with Gasteiger partial charge in [0.2, 0.25) is 5.91 Å². The van der Waals surface area contributed by atoms with E-state index >= 15 is 0 Å².